The lowest BCUT2D eigenvalue weighted by atomic mass is 9.68. The zero-order valence-electron chi connectivity index (χ0n) is 10.0. The molecule has 1 aliphatic rings. The lowest BCUT2D eigenvalue weighted by molar-refractivity contribution is 0.0670. The Labute approximate surface area is 88.2 Å². The van der Waals surface area contributed by atoms with Gasteiger partial charge in [0.25, 0.3) is 0 Å². The topological polar surface area (TPSA) is 35.2 Å². The first kappa shape index (κ1) is 12.0. The Kier molecular flexibility index (Phi) is 3.96. The fourth-order valence-electron chi connectivity index (χ4n) is 2.48. The van der Waals surface area contributed by atoms with Gasteiger partial charge in [-0.15, -0.1) is 0 Å². The average molecular weight is 199 g/mol. The molecule has 0 bridgehead atoms. The highest BCUT2D eigenvalue weighted by molar-refractivity contribution is 4.87. The van der Waals surface area contributed by atoms with Crippen LogP contribution in [0.5, 0.6) is 0 Å². The maximum atomic E-state index is 6.09. The summed E-state index contributed by atoms with van der Waals surface area (Å²) in [5.74, 6) is 1.38. The van der Waals surface area contributed by atoms with E-state index >= 15 is 0 Å². The minimum atomic E-state index is 0.355. The molecular weight excluding hydrogens is 174 g/mol. The molecule has 1 saturated carbocycles. The van der Waals surface area contributed by atoms with Gasteiger partial charge in [0.15, 0.2) is 0 Å². The van der Waals surface area contributed by atoms with Crippen molar-refractivity contribution in [1.82, 2.24) is 0 Å². The molecule has 0 aromatic carbocycles. The minimum Gasteiger partial charge on any atom is -0.384 e. The third kappa shape index (κ3) is 2.96. The Morgan fingerprint density at radius 3 is 2.43 bits per heavy atom. The third-order valence-electron chi connectivity index (χ3n) is 3.65. The maximum absolute atomic E-state index is 6.09. The van der Waals surface area contributed by atoms with Crippen molar-refractivity contribution in [2.75, 3.05) is 13.7 Å². The Balaban J connectivity index is 2.53. The minimum absolute atomic E-state index is 0.355. The van der Waals surface area contributed by atoms with Gasteiger partial charge in [0.05, 0.1) is 6.61 Å². The summed E-state index contributed by atoms with van der Waals surface area (Å²) >= 11 is 0. The van der Waals surface area contributed by atoms with Crippen molar-refractivity contribution in [3.05, 3.63) is 0 Å². The first-order chi connectivity index (χ1) is 6.45. The summed E-state index contributed by atoms with van der Waals surface area (Å²) in [5, 5.41) is 0. The molecule has 14 heavy (non-hydrogen) atoms. The highest BCUT2D eigenvalue weighted by Crippen LogP contribution is 2.39. The highest BCUT2D eigenvalue weighted by Gasteiger charge is 2.34. The van der Waals surface area contributed by atoms with E-state index in [4.69, 9.17) is 10.5 Å². The van der Waals surface area contributed by atoms with Gasteiger partial charge in [-0.05, 0) is 36.5 Å². The van der Waals surface area contributed by atoms with Crippen LogP contribution >= 0.6 is 0 Å². The smallest absolute Gasteiger partial charge is 0.0505 e. The lowest BCUT2D eigenvalue weighted by Gasteiger charge is -2.40. The van der Waals surface area contributed by atoms with Gasteiger partial charge < -0.3 is 10.5 Å². The normalized spacial score (nSPS) is 34.5. The second-order valence-corrected chi connectivity index (χ2v) is 5.76. The van der Waals surface area contributed by atoms with Gasteiger partial charge >= 0.3 is 0 Å². The van der Waals surface area contributed by atoms with E-state index in [2.05, 4.69) is 20.8 Å². The molecule has 2 heteroatoms. The highest BCUT2D eigenvalue weighted by atomic mass is 16.5. The molecule has 0 spiro atoms. The number of ether oxygens (including phenoxy) is 1. The Bertz CT molecular complexity index is 174. The summed E-state index contributed by atoms with van der Waals surface area (Å²) < 4.78 is 5.23. The van der Waals surface area contributed by atoms with Gasteiger partial charge in [-0.1, -0.05) is 20.8 Å². The molecular formula is C12H25NO. The Hall–Kier alpha value is -0.0800. The van der Waals surface area contributed by atoms with Crippen molar-refractivity contribution in [2.24, 2.45) is 23.0 Å². The molecule has 2 nitrogen and oxygen atoms in total. The van der Waals surface area contributed by atoms with Crippen molar-refractivity contribution in [3.63, 3.8) is 0 Å². The molecule has 1 fully saturated rings. The molecule has 0 radical (unpaired) electrons. The molecule has 0 saturated heterocycles. The van der Waals surface area contributed by atoms with Gasteiger partial charge in [-0.2, -0.15) is 0 Å². The maximum Gasteiger partial charge on any atom is 0.0505 e. The fourth-order valence-corrected chi connectivity index (χ4v) is 2.48. The van der Waals surface area contributed by atoms with E-state index in [0.29, 0.717) is 17.4 Å². The molecule has 2 N–H and O–H groups in total. The monoisotopic (exact) mass is 199 g/mol. The van der Waals surface area contributed by atoms with Gasteiger partial charge in [-0.3, -0.25) is 0 Å². The van der Waals surface area contributed by atoms with Crippen LogP contribution in [0.15, 0.2) is 0 Å². The second kappa shape index (κ2) is 4.63. The van der Waals surface area contributed by atoms with Gasteiger partial charge in [0.1, 0.15) is 0 Å². The van der Waals surface area contributed by atoms with Gasteiger partial charge in [-0.25, -0.2) is 0 Å². The van der Waals surface area contributed by atoms with E-state index < -0.39 is 0 Å². The number of hydrogen-bond acceptors (Lipinski definition) is 2. The quantitative estimate of drug-likeness (QED) is 0.741. The van der Waals surface area contributed by atoms with Crippen LogP contribution < -0.4 is 5.73 Å². The Morgan fingerprint density at radius 1 is 1.29 bits per heavy atom. The van der Waals surface area contributed by atoms with E-state index in [1.165, 1.54) is 12.8 Å². The predicted molar refractivity (Wildman–Crippen MR) is 60.1 cm³/mol. The lowest BCUT2D eigenvalue weighted by Crippen LogP contribution is -2.41. The molecule has 3 atom stereocenters. The van der Waals surface area contributed by atoms with Crippen molar-refractivity contribution in [1.29, 1.82) is 0 Å². The standard InChI is InChI=1S/C12H25NO/c1-12(2,3)10-5-6-11(13)9(7-10)8-14-4/h9-11H,5-8,13H2,1-4H3. The number of nitrogens with two attached hydrogens (primary N) is 1. The second-order valence-electron chi connectivity index (χ2n) is 5.76. The van der Waals surface area contributed by atoms with Crippen molar-refractivity contribution in [3.8, 4) is 0 Å². The molecule has 0 aromatic rings. The van der Waals surface area contributed by atoms with Crippen LogP contribution in [-0.4, -0.2) is 19.8 Å². The van der Waals surface area contributed by atoms with Crippen LogP contribution in [0.2, 0.25) is 0 Å². The molecule has 0 amide bonds. The van der Waals surface area contributed by atoms with Crippen molar-refractivity contribution in [2.45, 2.75) is 46.1 Å². The number of hydrogen-bond donors (Lipinski definition) is 1. The number of rotatable bonds is 2. The molecule has 3 unspecified atom stereocenters. The average Bonchev–Trinajstić information content (AvgIpc) is 2.07. The van der Waals surface area contributed by atoms with Crippen LogP contribution in [0.1, 0.15) is 40.0 Å². The van der Waals surface area contributed by atoms with E-state index in [1.807, 2.05) is 0 Å². The SMILES string of the molecule is COCC1CC(C(C)(C)C)CCC1N. The van der Waals surface area contributed by atoms with Crippen LogP contribution in [0.4, 0.5) is 0 Å². The van der Waals surface area contributed by atoms with Crippen LogP contribution in [0, 0.1) is 17.3 Å². The van der Waals surface area contributed by atoms with Gasteiger partial charge in [0.2, 0.25) is 0 Å². The molecule has 0 heterocycles. The first-order valence-corrected chi connectivity index (χ1v) is 5.69. The summed E-state index contributed by atoms with van der Waals surface area (Å²) in [6.07, 6.45) is 3.68. The van der Waals surface area contributed by atoms with E-state index in [0.717, 1.165) is 18.9 Å². The van der Waals surface area contributed by atoms with Crippen molar-refractivity contribution < 1.29 is 4.74 Å². The molecule has 0 aliphatic heterocycles. The summed E-state index contributed by atoms with van der Waals surface area (Å²) in [6, 6.07) is 0.355. The summed E-state index contributed by atoms with van der Waals surface area (Å²) in [7, 11) is 1.77. The van der Waals surface area contributed by atoms with Crippen LogP contribution in [-0.2, 0) is 4.74 Å². The van der Waals surface area contributed by atoms with Crippen molar-refractivity contribution >= 4 is 0 Å². The van der Waals surface area contributed by atoms with Crippen LogP contribution in [0.3, 0.4) is 0 Å². The summed E-state index contributed by atoms with van der Waals surface area (Å²) in [5.41, 5.74) is 6.51. The first-order valence-electron chi connectivity index (χ1n) is 5.69. The molecule has 0 aromatic heterocycles. The molecule has 1 aliphatic carbocycles. The van der Waals surface area contributed by atoms with Gasteiger partial charge in [0, 0.05) is 13.2 Å². The third-order valence-corrected chi connectivity index (χ3v) is 3.65. The zero-order chi connectivity index (χ0) is 10.8. The summed E-state index contributed by atoms with van der Waals surface area (Å²) in [4.78, 5) is 0. The van der Waals surface area contributed by atoms with E-state index in [9.17, 15) is 0 Å². The summed E-state index contributed by atoms with van der Waals surface area (Å²) in [6.45, 7) is 7.82. The zero-order valence-corrected chi connectivity index (χ0v) is 10.0. The molecule has 1 rings (SSSR count). The predicted octanol–water partition coefficient (Wildman–Crippen LogP) is 2.42. The van der Waals surface area contributed by atoms with Crippen LogP contribution in [0.25, 0.3) is 0 Å². The fraction of sp³-hybridized carbons (Fsp3) is 1.00. The van der Waals surface area contributed by atoms with E-state index in [1.54, 1.807) is 7.11 Å². The Morgan fingerprint density at radius 2 is 1.93 bits per heavy atom. The molecule has 84 valence electrons. The van der Waals surface area contributed by atoms with E-state index in [-0.39, 0.29) is 0 Å². The number of methoxy groups -OCH3 is 1. The largest absolute Gasteiger partial charge is 0.384 e.